The molecule has 0 aromatic heterocycles. The van der Waals surface area contributed by atoms with E-state index in [0.717, 1.165) is 15.4 Å². The topological polar surface area (TPSA) is 75.7 Å². The Balaban J connectivity index is 2.27. The first-order chi connectivity index (χ1) is 13.2. The molecule has 6 nitrogen and oxygen atoms in total. The van der Waals surface area contributed by atoms with Crippen LogP contribution in [0.1, 0.15) is 18.1 Å². The van der Waals surface area contributed by atoms with E-state index in [-0.39, 0.29) is 24.0 Å². The zero-order valence-electron chi connectivity index (χ0n) is 16.2. The molecule has 8 heteroatoms. The number of nitrogens with one attached hydrogen (secondary N) is 1. The summed E-state index contributed by atoms with van der Waals surface area (Å²) in [7, 11) is -2.35. The van der Waals surface area contributed by atoms with Gasteiger partial charge in [-0.3, -0.25) is 4.79 Å². The fourth-order valence-electron chi connectivity index (χ4n) is 2.65. The second-order valence-electron chi connectivity index (χ2n) is 6.64. The van der Waals surface area contributed by atoms with E-state index < -0.39 is 15.9 Å². The Morgan fingerprint density at radius 1 is 1.14 bits per heavy atom. The van der Waals surface area contributed by atoms with Crippen molar-refractivity contribution >= 4 is 27.5 Å². The van der Waals surface area contributed by atoms with Crippen molar-refractivity contribution in [3.05, 3.63) is 64.7 Å². The van der Waals surface area contributed by atoms with Gasteiger partial charge in [0.2, 0.25) is 15.9 Å². The van der Waals surface area contributed by atoms with Gasteiger partial charge in [-0.15, -0.1) is 0 Å². The summed E-state index contributed by atoms with van der Waals surface area (Å²) < 4.78 is 32.4. The Bertz CT molecular complexity index is 883. The van der Waals surface area contributed by atoms with Gasteiger partial charge in [-0.05, 0) is 43.7 Å². The third-order valence-corrected chi connectivity index (χ3v) is 6.13. The Labute approximate surface area is 171 Å². The van der Waals surface area contributed by atoms with Crippen molar-refractivity contribution in [3.8, 4) is 0 Å². The summed E-state index contributed by atoms with van der Waals surface area (Å²) >= 11 is 5.87. The maximum Gasteiger partial charge on any atom is 0.243 e. The number of methoxy groups -OCH3 is 1. The average molecular weight is 425 g/mol. The van der Waals surface area contributed by atoms with E-state index in [1.165, 1.54) is 31.4 Å². The van der Waals surface area contributed by atoms with Crippen LogP contribution in [-0.2, 0) is 26.1 Å². The van der Waals surface area contributed by atoms with Gasteiger partial charge in [-0.25, -0.2) is 8.42 Å². The van der Waals surface area contributed by atoms with Crippen molar-refractivity contribution in [3.63, 3.8) is 0 Å². The Morgan fingerprint density at radius 3 is 2.32 bits per heavy atom. The van der Waals surface area contributed by atoms with Crippen LogP contribution in [0.2, 0.25) is 5.02 Å². The van der Waals surface area contributed by atoms with E-state index >= 15 is 0 Å². The molecule has 0 aliphatic rings. The number of carbonyl (C=O) groups is 1. The summed E-state index contributed by atoms with van der Waals surface area (Å²) in [5.74, 6) is -0.394. The fourth-order valence-corrected chi connectivity index (χ4v) is 4.16. The number of rotatable bonds is 9. The van der Waals surface area contributed by atoms with E-state index in [9.17, 15) is 13.2 Å². The quantitative estimate of drug-likeness (QED) is 0.671. The highest BCUT2D eigenvalue weighted by atomic mass is 35.5. The first-order valence-corrected chi connectivity index (χ1v) is 10.6. The number of halogens is 1. The number of hydrogen-bond donors (Lipinski definition) is 1. The zero-order valence-corrected chi connectivity index (χ0v) is 17.8. The molecule has 0 fully saturated rings. The third kappa shape index (κ3) is 6.31. The van der Waals surface area contributed by atoms with Crippen LogP contribution in [0.3, 0.4) is 0 Å². The highest BCUT2D eigenvalue weighted by molar-refractivity contribution is 7.89. The molecule has 0 aliphatic carbocycles. The van der Waals surface area contributed by atoms with Crippen molar-refractivity contribution in [2.24, 2.45) is 0 Å². The summed E-state index contributed by atoms with van der Waals surface area (Å²) in [6.07, 6.45) is 0. The molecular formula is C20H25ClN2O4S. The van der Waals surface area contributed by atoms with Crippen LogP contribution < -0.4 is 5.32 Å². The van der Waals surface area contributed by atoms with Crippen molar-refractivity contribution in [2.45, 2.75) is 31.3 Å². The number of nitrogens with zero attached hydrogens (tertiary/aromatic N) is 1. The molecule has 152 valence electrons. The molecule has 1 atom stereocenters. The van der Waals surface area contributed by atoms with Crippen LogP contribution in [0.5, 0.6) is 0 Å². The first kappa shape index (κ1) is 22.4. The summed E-state index contributed by atoms with van der Waals surface area (Å²) in [5, 5.41) is 3.19. The summed E-state index contributed by atoms with van der Waals surface area (Å²) in [6, 6.07) is 13.2. The second kappa shape index (κ2) is 10.0. The lowest BCUT2D eigenvalue weighted by Crippen LogP contribution is -2.44. The molecule has 0 heterocycles. The average Bonchev–Trinajstić information content (AvgIpc) is 2.63. The molecule has 0 spiro atoms. The monoisotopic (exact) mass is 424 g/mol. The van der Waals surface area contributed by atoms with Gasteiger partial charge in [0.1, 0.15) is 0 Å². The number of benzene rings is 2. The smallest absolute Gasteiger partial charge is 0.243 e. The van der Waals surface area contributed by atoms with Gasteiger partial charge in [0.15, 0.2) is 0 Å². The Morgan fingerprint density at radius 2 is 1.75 bits per heavy atom. The molecular weight excluding hydrogens is 400 g/mol. The lowest BCUT2D eigenvalue weighted by molar-refractivity contribution is -0.122. The number of hydrogen-bond acceptors (Lipinski definition) is 4. The molecule has 0 radical (unpaired) electrons. The predicted molar refractivity (Wildman–Crippen MR) is 110 cm³/mol. The summed E-state index contributed by atoms with van der Waals surface area (Å²) in [5.41, 5.74) is 1.86. The van der Waals surface area contributed by atoms with Gasteiger partial charge in [-0.1, -0.05) is 41.4 Å². The number of amides is 1. The van der Waals surface area contributed by atoms with Crippen LogP contribution >= 0.6 is 11.6 Å². The molecule has 0 bridgehead atoms. The molecule has 2 rings (SSSR count). The fraction of sp³-hybridized carbons (Fsp3) is 0.350. The van der Waals surface area contributed by atoms with Crippen LogP contribution in [0.15, 0.2) is 53.4 Å². The van der Waals surface area contributed by atoms with E-state index in [1.54, 1.807) is 6.92 Å². The van der Waals surface area contributed by atoms with Crippen LogP contribution in [-0.4, -0.2) is 44.9 Å². The number of sulfonamides is 1. The predicted octanol–water partition coefficient (Wildman–Crippen LogP) is 2.99. The first-order valence-electron chi connectivity index (χ1n) is 8.82. The van der Waals surface area contributed by atoms with Gasteiger partial charge in [0.25, 0.3) is 0 Å². The van der Waals surface area contributed by atoms with E-state index in [2.05, 4.69) is 5.32 Å². The highest BCUT2D eigenvalue weighted by Crippen LogP contribution is 2.20. The van der Waals surface area contributed by atoms with Crippen molar-refractivity contribution in [1.29, 1.82) is 0 Å². The SMILES string of the molecule is COC[C@@H](C)NC(=O)CN(Cc1ccc(C)cc1)S(=O)(=O)c1ccc(Cl)cc1. The van der Waals surface area contributed by atoms with Crippen LogP contribution in [0, 0.1) is 6.92 Å². The van der Waals surface area contributed by atoms with Crippen molar-refractivity contribution < 1.29 is 17.9 Å². The highest BCUT2D eigenvalue weighted by Gasteiger charge is 2.27. The van der Waals surface area contributed by atoms with Gasteiger partial charge in [0.05, 0.1) is 18.0 Å². The van der Waals surface area contributed by atoms with Crippen molar-refractivity contribution in [2.75, 3.05) is 20.3 Å². The molecule has 1 N–H and O–H groups in total. The minimum Gasteiger partial charge on any atom is -0.383 e. The van der Waals surface area contributed by atoms with Crippen LogP contribution in [0.25, 0.3) is 0 Å². The molecule has 28 heavy (non-hydrogen) atoms. The molecule has 0 saturated carbocycles. The number of carbonyl (C=O) groups excluding carboxylic acids is 1. The summed E-state index contributed by atoms with van der Waals surface area (Å²) in [4.78, 5) is 12.5. The van der Waals surface area contributed by atoms with Crippen molar-refractivity contribution in [1.82, 2.24) is 9.62 Å². The normalized spacial score (nSPS) is 12.8. The second-order valence-corrected chi connectivity index (χ2v) is 9.01. The standard InChI is InChI=1S/C20H25ClN2O4S/c1-15-4-6-17(7-5-15)12-23(13-20(24)22-16(2)14-27-3)28(25,26)19-10-8-18(21)9-11-19/h4-11,16H,12-14H2,1-3H3,(H,22,24)/t16-/m1/s1. The maximum absolute atomic E-state index is 13.1. The van der Waals surface area contributed by atoms with E-state index in [4.69, 9.17) is 16.3 Å². The van der Waals surface area contributed by atoms with Gasteiger partial charge >= 0.3 is 0 Å². The molecule has 0 unspecified atom stereocenters. The Hall–Kier alpha value is -1.93. The molecule has 2 aromatic rings. The van der Waals surface area contributed by atoms with E-state index in [1.807, 2.05) is 31.2 Å². The lowest BCUT2D eigenvalue weighted by atomic mass is 10.1. The minimum atomic E-state index is -3.89. The third-order valence-electron chi connectivity index (χ3n) is 4.07. The molecule has 0 aliphatic heterocycles. The zero-order chi connectivity index (χ0) is 20.7. The van der Waals surface area contributed by atoms with Gasteiger partial charge in [0, 0.05) is 24.7 Å². The summed E-state index contributed by atoms with van der Waals surface area (Å²) in [6.45, 7) is 3.87. The van der Waals surface area contributed by atoms with E-state index in [0.29, 0.717) is 11.6 Å². The lowest BCUT2D eigenvalue weighted by Gasteiger charge is -2.23. The largest absolute Gasteiger partial charge is 0.383 e. The van der Waals surface area contributed by atoms with Gasteiger partial charge < -0.3 is 10.1 Å². The number of ether oxygens (including phenoxy) is 1. The van der Waals surface area contributed by atoms with Gasteiger partial charge in [-0.2, -0.15) is 4.31 Å². The van der Waals surface area contributed by atoms with Crippen LogP contribution in [0.4, 0.5) is 0 Å². The minimum absolute atomic E-state index is 0.0807. The molecule has 2 aromatic carbocycles. The number of aryl methyl sites for hydroxylation is 1. The Kier molecular flexibility index (Phi) is 8.00. The maximum atomic E-state index is 13.1. The molecule has 0 saturated heterocycles. The molecule has 1 amide bonds.